The van der Waals surface area contributed by atoms with Crippen molar-refractivity contribution < 1.29 is 34.2 Å². The number of carboxylic acid groups (broad SMARTS) is 2. The van der Waals surface area contributed by atoms with Crippen molar-refractivity contribution in [2.75, 3.05) is 25.1 Å². The molecule has 0 saturated carbocycles. The first-order valence-electron chi connectivity index (χ1n) is 12.5. The van der Waals surface area contributed by atoms with Crippen LogP contribution in [0.25, 0.3) is 0 Å². The molecule has 0 rings (SSSR count). The molecule has 40 heavy (non-hydrogen) atoms. The summed E-state index contributed by atoms with van der Waals surface area (Å²) in [5.74, 6) is -4.42. The van der Waals surface area contributed by atoms with E-state index in [0.29, 0.717) is 5.75 Å². The molecule has 0 bridgehead atoms. The Morgan fingerprint density at radius 2 is 1.18 bits per heavy atom. The molecule has 0 saturated heterocycles. The molecule has 0 aromatic carbocycles. The van der Waals surface area contributed by atoms with Crippen molar-refractivity contribution in [3.05, 3.63) is 0 Å². The summed E-state index contributed by atoms with van der Waals surface area (Å²) in [5, 5.41) is 25.8. The second-order valence-electron chi connectivity index (χ2n) is 8.74. The molecule has 0 aromatic rings. The molecule has 0 spiro atoms. The van der Waals surface area contributed by atoms with Crippen LogP contribution in [0.15, 0.2) is 9.98 Å². The van der Waals surface area contributed by atoms with E-state index in [1.165, 1.54) is 11.8 Å². The van der Waals surface area contributed by atoms with Gasteiger partial charge in [0.05, 0.1) is 6.04 Å². The monoisotopic (exact) mass is 590 g/mol. The molecule has 15 N–H and O–H groups in total. The number of guanidine groups is 2. The molecule has 4 atom stereocenters. The molecule has 4 unspecified atom stereocenters. The number of hydrogen-bond acceptors (Lipinski definition) is 9. The summed E-state index contributed by atoms with van der Waals surface area (Å²) >= 11 is 1.41. The van der Waals surface area contributed by atoms with Crippen molar-refractivity contribution in [2.45, 2.75) is 69.1 Å². The Bertz CT molecular complexity index is 910. The number of amides is 3. The van der Waals surface area contributed by atoms with Crippen LogP contribution in [-0.2, 0) is 24.0 Å². The minimum atomic E-state index is -1.27. The third-order valence-corrected chi connectivity index (χ3v) is 6.03. The van der Waals surface area contributed by atoms with Gasteiger partial charge in [-0.3, -0.25) is 29.2 Å². The third kappa shape index (κ3) is 16.9. The molecule has 0 fully saturated rings. The van der Waals surface area contributed by atoms with Gasteiger partial charge in [-0.15, -0.1) is 0 Å². The van der Waals surface area contributed by atoms with Crippen molar-refractivity contribution in [3.63, 3.8) is 0 Å². The van der Waals surface area contributed by atoms with E-state index >= 15 is 0 Å². The van der Waals surface area contributed by atoms with Crippen LogP contribution in [0.4, 0.5) is 0 Å². The van der Waals surface area contributed by atoms with Gasteiger partial charge in [0.25, 0.3) is 0 Å². The smallest absolute Gasteiger partial charge is 0.326 e. The molecule has 0 aliphatic heterocycles. The van der Waals surface area contributed by atoms with Crippen molar-refractivity contribution in [2.24, 2.45) is 38.7 Å². The third-order valence-electron chi connectivity index (χ3n) is 5.39. The van der Waals surface area contributed by atoms with E-state index in [1.54, 1.807) is 6.26 Å². The van der Waals surface area contributed by atoms with Gasteiger partial charge in [-0.2, -0.15) is 11.8 Å². The standard InChI is InChI=1S/C22H42N10O7S/c1-40-11-8-14(19(37)32-15(20(38)39)5-3-10-29-22(26)27)31-18(36)13(4-2-9-28-21(24)25)30-17(35)12(23)6-7-16(33)34/h12-15H,2-11,23H2,1H3,(H,30,35)(H,31,36)(H,32,37)(H,33,34)(H,38,39)(H4,24,25,28)(H4,26,27,29). The van der Waals surface area contributed by atoms with E-state index < -0.39 is 53.8 Å². The second kappa shape index (κ2) is 20.2. The van der Waals surface area contributed by atoms with Crippen LogP contribution < -0.4 is 44.6 Å². The van der Waals surface area contributed by atoms with Gasteiger partial charge in [0.2, 0.25) is 17.7 Å². The summed E-state index contributed by atoms with van der Waals surface area (Å²) in [7, 11) is 0. The fourth-order valence-corrected chi connectivity index (χ4v) is 3.74. The fourth-order valence-electron chi connectivity index (χ4n) is 3.27. The maximum atomic E-state index is 13.2. The van der Waals surface area contributed by atoms with Crippen molar-refractivity contribution in [3.8, 4) is 0 Å². The van der Waals surface area contributed by atoms with Crippen molar-refractivity contribution in [1.82, 2.24) is 16.0 Å². The summed E-state index contributed by atoms with van der Waals surface area (Å²) in [6, 6.07) is -4.71. The Kier molecular flexibility index (Phi) is 18.2. The number of nitrogens with one attached hydrogen (secondary N) is 3. The molecule has 18 heteroatoms. The molecule has 228 valence electrons. The summed E-state index contributed by atoms with van der Waals surface area (Å²) in [5.41, 5.74) is 26.9. The number of aliphatic imine (C=N–C) groups is 2. The number of rotatable bonds is 21. The average molecular weight is 591 g/mol. The first-order valence-corrected chi connectivity index (χ1v) is 13.9. The number of thioether (sulfide) groups is 1. The Morgan fingerprint density at radius 3 is 1.62 bits per heavy atom. The van der Waals surface area contributed by atoms with E-state index in [0.717, 1.165) is 0 Å². The number of hydrogen-bond donors (Lipinski definition) is 10. The minimum absolute atomic E-state index is 0.0404. The van der Waals surface area contributed by atoms with Gasteiger partial charge in [0, 0.05) is 19.5 Å². The molecular formula is C22H42N10O7S. The van der Waals surface area contributed by atoms with Crippen molar-refractivity contribution in [1.29, 1.82) is 0 Å². The molecule has 3 amide bonds. The molecule has 0 aliphatic rings. The lowest BCUT2D eigenvalue weighted by Crippen LogP contribution is -2.57. The van der Waals surface area contributed by atoms with E-state index in [2.05, 4.69) is 25.9 Å². The SMILES string of the molecule is CSCCC(NC(=O)C(CCCN=C(N)N)NC(=O)C(N)CCC(=O)O)C(=O)NC(CCCN=C(N)N)C(=O)O. The average Bonchev–Trinajstić information content (AvgIpc) is 2.87. The van der Waals surface area contributed by atoms with Crippen LogP contribution in [0.1, 0.15) is 44.9 Å². The largest absolute Gasteiger partial charge is 0.481 e. The zero-order valence-electron chi connectivity index (χ0n) is 22.5. The predicted octanol–water partition coefficient (Wildman–Crippen LogP) is -3.42. The Hall–Kier alpha value is -3.80. The molecular weight excluding hydrogens is 548 g/mol. The number of nitrogens with two attached hydrogens (primary N) is 5. The first kappa shape index (κ1) is 36.2. The maximum absolute atomic E-state index is 13.2. The van der Waals surface area contributed by atoms with Crippen LogP contribution in [0.2, 0.25) is 0 Å². The lowest BCUT2D eigenvalue weighted by Gasteiger charge is -2.25. The van der Waals surface area contributed by atoms with Gasteiger partial charge < -0.3 is 54.8 Å². The summed E-state index contributed by atoms with van der Waals surface area (Å²) in [6.07, 6.45) is 2.14. The van der Waals surface area contributed by atoms with E-state index in [1.807, 2.05) is 0 Å². The molecule has 0 aliphatic carbocycles. The van der Waals surface area contributed by atoms with Gasteiger partial charge in [-0.1, -0.05) is 0 Å². The Labute approximate surface area is 236 Å². The topological polar surface area (TPSA) is 317 Å². The predicted molar refractivity (Wildman–Crippen MR) is 151 cm³/mol. The van der Waals surface area contributed by atoms with Gasteiger partial charge in [0.1, 0.15) is 18.1 Å². The lowest BCUT2D eigenvalue weighted by atomic mass is 10.1. The van der Waals surface area contributed by atoms with E-state index in [4.69, 9.17) is 33.8 Å². The maximum Gasteiger partial charge on any atom is 0.326 e. The molecule has 0 heterocycles. The molecule has 17 nitrogen and oxygen atoms in total. The van der Waals surface area contributed by atoms with E-state index in [9.17, 15) is 29.1 Å². The number of carbonyl (C=O) groups is 5. The van der Waals surface area contributed by atoms with E-state index in [-0.39, 0.29) is 70.0 Å². The highest BCUT2D eigenvalue weighted by Gasteiger charge is 2.30. The Morgan fingerprint density at radius 1 is 0.725 bits per heavy atom. The summed E-state index contributed by atoms with van der Waals surface area (Å²) < 4.78 is 0. The highest BCUT2D eigenvalue weighted by molar-refractivity contribution is 7.98. The van der Waals surface area contributed by atoms with Crippen LogP contribution in [0.3, 0.4) is 0 Å². The highest BCUT2D eigenvalue weighted by Crippen LogP contribution is 2.07. The first-order chi connectivity index (χ1) is 18.8. The highest BCUT2D eigenvalue weighted by atomic mass is 32.2. The number of carboxylic acids is 2. The van der Waals surface area contributed by atoms with Crippen LogP contribution >= 0.6 is 11.8 Å². The minimum Gasteiger partial charge on any atom is -0.481 e. The van der Waals surface area contributed by atoms with Crippen LogP contribution in [0.5, 0.6) is 0 Å². The van der Waals surface area contributed by atoms with Gasteiger partial charge in [-0.25, -0.2) is 4.79 Å². The fraction of sp³-hybridized carbons (Fsp3) is 0.682. The summed E-state index contributed by atoms with van der Waals surface area (Å²) in [4.78, 5) is 68.8. The number of carbonyl (C=O) groups excluding carboxylic acids is 3. The van der Waals surface area contributed by atoms with Crippen LogP contribution in [0, 0.1) is 0 Å². The molecule has 0 aromatic heterocycles. The zero-order chi connectivity index (χ0) is 30.7. The number of aliphatic carboxylic acids is 2. The number of nitrogens with zero attached hydrogens (tertiary/aromatic N) is 2. The zero-order valence-corrected chi connectivity index (χ0v) is 23.3. The van der Waals surface area contributed by atoms with Crippen LogP contribution in [-0.4, -0.2) is 101 Å². The van der Waals surface area contributed by atoms with Gasteiger partial charge in [0.15, 0.2) is 11.9 Å². The normalized spacial score (nSPS) is 13.6. The van der Waals surface area contributed by atoms with Crippen molar-refractivity contribution >= 4 is 53.3 Å². The summed E-state index contributed by atoms with van der Waals surface area (Å²) in [6.45, 7) is 0.327. The second-order valence-corrected chi connectivity index (χ2v) is 9.73. The van der Waals surface area contributed by atoms with Gasteiger partial charge in [-0.05, 0) is 50.5 Å². The Balaban J connectivity index is 5.57. The molecule has 0 radical (unpaired) electrons. The quantitative estimate of drug-likeness (QED) is 0.0354. The lowest BCUT2D eigenvalue weighted by molar-refractivity contribution is -0.142. The van der Waals surface area contributed by atoms with Gasteiger partial charge >= 0.3 is 11.9 Å².